The molecule has 0 spiro atoms. The van der Waals surface area contributed by atoms with Crippen molar-refractivity contribution in [3.63, 3.8) is 0 Å². The second-order valence-electron chi connectivity index (χ2n) is 11.8. The molecule has 0 bridgehead atoms. The lowest BCUT2D eigenvalue weighted by molar-refractivity contribution is -0.115. The van der Waals surface area contributed by atoms with E-state index < -0.39 is 11.6 Å². The second-order valence-corrected chi connectivity index (χ2v) is 11.8. The third-order valence-corrected chi connectivity index (χ3v) is 7.20. The Hall–Kier alpha value is -4.59. The Morgan fingerprint density at radius 1 is 1.05 bits per heavy atom. The lowest BCUT2D eigenvalue weighted by atomic mass is 9.92. The van der Waals surface area contributed by atoms with Crippen molar-refractivity contribution in [1.82, 2.24) is 15.1 Å². The van der Waals surface area contributed by atoms with Crippen LogP contribution in [0.4, 0.5) is 20.3 Å². The van der Waals surface area contributed by atoms with Crippen molar-refractivity contribution >= 4 is 28.9 Å². The predicted octanol–water partition coefficient (Wildman–Crippen LogP) is 7.64. The summed E-state index contributed by atoms with van der Waals surface area (Å²) in [5, 5.41) is 11.1. The van der Waals surface area contributed by atoms with Crippen LogP contribution in [-0.4, -0.2) is 21.5 Å². The molecule has 1 unspecified atom stereocenters. The number of nitrogens with one attached hydrogen (secondary N) is 2. The van der Waals surface area contributed by atoms with Gasteiger partial charge < -0.3 is 10.6 Å². The van der Waals surface area contributed by atoms with Gasteiger partial charge in [-0.25, -0.2) is 18.5 Å². The van der Waals surface area contributed by atoms with E-state index in [4.69, 9.17) is 5.10 Å². The number of halogens is 2. The summed E-state index contributed by atoms with van der Waals surface area (Å²) in [4.78, 5) is 17.5. The fraction of sp³-hybridized carbons (Fsp3) is 0.265. The van der Waals surface area contributed by atoms with Crippen molar-refractivity contribution in [2.75, 3.05) is 5.32 Å². The number of hydrogen-bond acceptors (Lipinski definition) is 3. The smallest absolute Gasteiger partial charge is 0.229 e. The van der Waals surface area contributed by atoms with Crippen molar-refractivity contribution in [1.29, 1.82) is 0 Å². The number of carbonyl (C=O) groups excluding carboxylic acids is 1. The van der Waals surface area contributed by atoms with Gasteiger partial charge in [-0.1, -0.05) is 75.7 Å². The lowest BCUT2D eigenvalue weighted by Crippen LogP contribution is -2.31. The molecule has 1 aliphatic rings. The van der Waals surface area contributed by atoms with Crippen LogP contribution in [0.2, 0.25) is 0 Å². The minimum atomic E-state index is -0.709. The summed E-state index contributed by atoms with van der Waals surface area (Å²) in [6.45, 7) is 10.2. The van der Waals surface area contributed by atoms with Crippen LogP contribution >= 0.6 is 0 Å². The number of nitrogens with zero attached hydrogens (tertiary/aromatic N) is 3. The molecule has 0 fully saturated rings. The van der Waals surface area contributed by atoms with E-state index in [9.17, 15) is 13.6 Å². The van der Waals surface area contributed by atoms with Crippen LogP contribution in [0.1, 0.15) is 56.5 Å². The fourth-order valence-corrected chi connectivity index (χ4v) is 4.70. The van der Waals surface area contributed by atoms with Crippen molar-refractivity contribution < 1.29 is 13.6 Å². The summed E-state index contributed by atoms with van der Waals surface area (Å²) in [7, 11) is 0. The molecular formula is C34H35F2N5O. The molecule has 6 nitrogen and oxygen atoms in total. The highest BCUT2D eigenvalue weighted by molar-refractivity contribution is 5.96. The highest BCUT2D eigenvalue weighted by atomic mass is 19.1. The van der Waals surface area contributed by atoms with Crippen LogP contribution in [0.3, 0.4) is 0 Å². The molecule has 1 atom stereocenters. The van der Waals surface area contributed by atoms with Crippen LogP contribution in [0.25, 0.3) is 11.4 Å². The molecule has 0 saturated carbocycles. The van der Waals surface area contributed by atoms with Gasteiger partial charge in [0.2, 0.25) is 5.91 Å². The molecule has 5 rings (SSSR count). The summed E-state index contributed by atoms with van der Waals surface area (Å²) in [6, 6.07) is 21.3. The number of aromatic nitrogens is 2. The summed E-state index contributed by atoms with van der Waals surface area (Å²) in [5.41, 5.74) is 4.83. The Morgan fingerprint density at radius 2 is 1.74 bits per heavy atom. The summed E-state index contributed by atoms with van der Waals surface area (Å²) >= 11 is 0. The highest BCUT2D eigenvalue weighted by Gasteiger charge is 2.23. The van der Waals surface area contributed by atoms with Gasteiger partial charge in [0.1, 0.15) is 17.3 Å². The summed E-state index contributed by atoms with van der Waals surface area (Å²) in [5.74, 6) is -0.538. The minimum Gasteiger partial charge on any atom is -0.343 e. The monoisotopic (exact) mass is 567 g/mol. The zero-order valence-electron chi connectivity index (χ0n) is 24.5. The molecule has 1 amide bonds. The van der Waals surface area contributed by atoms with Crippen molar-refractivity contribution in [3.05, 3.63) is 113 Å². The zero-order valence-corrected chi connectivity index (χ0v) is 24.5. The quantitative estimate of drug-likeness (QED) is 0.252. The molecule has 2 N–H and O–H groups in total. The molecule has 42 heavy (non-hydrogen) atoms. The Bertz CT molecular complexity index is 1660. The number of para-hydroxylation sites is 1. The third-order valence-electron chi connectivity index (χ3n) is 7.20. The first kappa shape index (κ1) is 28.9. The molecule has 0 aliphatic carbocycles. The number of carbonyl (C=O) groups is 1. The predicted molar refractivity (Wildman–Crippen MR) is 164 cm³/mol. The average Bonchev–Trinajstić information content (AvgIpc) is 3.36. The molecule has 0 saturated heterocycles. The van der Waals surface area contributed by atoms with Crippen LogP contribution in [0.5, 0.6) is 0 Å². The SMILES string of the molecule is Cc1ccc(-n2nc(C(C)(C)C)cc2NC(=O)Cc2cccc(C3=CCC(C)C(=Nc4c(F)cccc4F)N3)c2)cc1. The van der Waals surface area contributed by atoms with Gasteiger partial charge in [-0.2, -0.15) is 5.10 Å². The normalized spacial score (nSPS) is 16.2. The van der Waals surface area contributed by atoms with Crippen molar-refractivity contribution in [2.45, 2.75) is 52.9 Å². The standard InChI is InChI=1S/C34H35F2N5O/c1-21-12-15-25(16-13-21)41-30(20-29(40-41)34(3,4)5)38-31(42)19-23-8-6-9-24(18-23)28-17-14-22(2)33(37-28)39-32-26(35)10-7-11-27(32)36/h6-13,15-18,20,22H,14,19H2,1-5H3,(H,37,39)(H,38,42). The van der Waals surface area contributed by atoms with E-state index in [-0.39, 0.29) is 29.3 Å². The first-order chi connectivity index (χ1) is 20.0. The van der Waals surface area contributed by atoms with Crippen LogP contribution in [0.15, 0.2) is 83.9 Å². The molecule has 2 heterocycles. The molecule has 216 valence electrons. The number of allylic oxidation sites excluding steroid dienone is 1. The molecule has 3 aromatic carbocycles. The highest BCUT2D eigenvalue weighted by Crippen LogP contribution is 2.28. The van der Waals surface area contributed by atoms with Crippen molar-refractivity contribution in [3.8, 4) is 5.69 Å². The Labute approximate surface area is 245 Å². The number of amides is 1. The number of aryl methyl sites for hydroxylation is 1. The topological polar surface area (TPSA) is 71.3 Å². The van der Waals surface area contributed by atoms with E-state index in [1.807, 2.05) is 74.5 Å². The fourth-order valence-electron chi connectivity index (χ4n) is 4.70. The van der Waals surface area contributed by atoms with Gasteiger partial charge in [0.15, 0.2) is 11.6 Å². The number of benzene rings is 3. The van der Waals surface area contributed by atoms with E-state index in [1.165, 1.54) is 18.2 Å². The zero-order chi connectivity index (χ0) is 30.0. The molecule has 4 aromatic rings. The van der Waals surface area contributed by atoms with Crippen LogP contribution in [-0.2, 0) is 16.6 Å². The van der Waals surface area contributed by atoms with Gasteiger partial charge in [0.25, 0.3) is 0 Å². The number of rotatable bonds is 6. The number of amidine groups is 1. The molecule has 8 heteroatoms. The number of aliphatic imine (C=N–C) groups is 1. The number of hydrogen-bond donors (Lipinski definition) is 2. The van der Waals surface area contributed by atoms with E-state index in [0.29, 0.717) is 18.1 Å². The Kier molecular flexibility index (Phi) is 8.07. The van der Waals surface area contributed by atoms with Gasteiger partial charge in [0, 0.05) is 23.1 Å². The van der Waals surface area contributed by atoms with Gasteiger partial charge in [-0.15, -0.1) is 0 Å². The first-order valence-electron chi connectivity index (χ1n) is 14.0. The molecule has 1 aliphatic heterocycles. The molecular weight excluding hydrogens is 532 g/mol. The minimum absolute atomic E-state index is 0.0434. The summed E-state index contributed by atoms with van der Waals surface area (Å²) < 4.78 is 30.3. The van der Waals surface area contributed by atoms with Gasteiger partial charge in [0.05, 0.1) is 17.8 Å². The maximum Gasteiger partial charge on any atom is 0.229 e. The maximum atomic E-state index is 14.2. The largest absolute Gasteiger partial charge is 0.343 e. The van der Waals surface area contributed by atoms with Crippen molar-refractivity contribution in [2.24, 2.45) is 10.9 Å². The Morgan fingerprint density at radius 3 is 2.43 bits per heavy atom. The third kappa shape index (κ3) is 6.48. The van der Waals surface area contributed by atoms with Gasteiger partial charge in [-0.05, 0) is 54.8 Å². The van der Waals surface area contributed by atoms with Gasteiger partial charge in [-0.3, -0.25) is 4.79 Å². The first-order valence-corrected chi connectivity index (χ1v) is 14.0. The van der Waals surface area contributed by atoms with E-state index in [0.717, 1.165) is 33.8 Å². The van der Waals surface area contributed by atoms with Crippen LogP contribution < -0.4 is 10.6 Å². The van der Waals surface area contributed by atoms with E-state index in [2.05, 4.69) is 36.4 Å². The van der Waals surface area contributed by atoms with E-state index >= 15 is 0 Å². The lowest BCUT2D eigenvalue weighted by Gasteiger charge is -2.24. The number of anilines is 1. The molecule has 1 aromatic heterocycles. The maximum absolute atomic E-state index is 14.2. The van der Waals surface area contributed by atoms with E-state index in [1.54, 1.807) is 4.68 Å². The van der Waals surface area contributed by atoms with Crippen LogP contribution in [0, 0.1) is 24.5 Å². The van der Waals surface area contributed by atoms with Gasteiger partial charge >= 0.3 is 0 Å². The molecule has 0 radical (unpaired) electrons. The second kappa shape index (κ2) is 11.7. The Balaban J connectivity index is 1.35. The average molecular weight is 568 g/mol. The summed E-state index contributed by atoms with van der Waals surface area (Å²) in [6.07, 6.45) is 2.85.